The van der Waals surface area contributed by atoms with Gasteiger partial charge in [-0.25, -0.2) is 9.97 Å². The molecule has 3 heterocycles. The molecule has 1 aromatic heterocycles. The fourth-order valence-electron chi connectivity index (χ4n) is 4.20. The molecular weight excluding hydrogens is 336 g/mol. The van der Waals surface area contributed by atoms with Gasteiger partial charge >= 0.3 is 0 Å². The van der Waals surface area contributed by atoms with Crippen LogP contribution in [-0.4, -0.2) is 35.5 Å². The predicted molar refractivity (Wildman–Crippen MR) is 107 cm³/mol. The second-order valence-electron chi connectivity index (χ2n) is 7.80. The van der Waals surface area contributed by atoms with Gasteiger partial charge in [-0.05, 0) is 51.6 Å². The summed E-state index contributed by atoms with van der Waals surface area (Å²) in [6, 6.07) is 8.51. The number of nitrogens with zero attached hydrogens (tertiary/aromatic N) is 3. The first kappa shape index (κ1) is 18.1. The summed E-state index contributed by atoms with van der Waals surface area (Å²) in [6.45, 7) is 6.84. The molecule has 0 aliphatic carbocycles. The van der Waals surface area contributed by atoms with Crippen molar-refractivity contribution in [1.29, 1.82) is 0 Å². The third-order valence-electron chi connectivity index (χ3n) is 5.72. The van der Waals surface area contributed by atoms with Crippen LogP contribution in [0, 0.1) is 13.8 Å². The van der Waals surface area contributed by atoms with E-state index in [0.29, 0.717) is 18.9 Å². The van der Waals surface area contributed by atoms with Crippen LogP contribution in [0.1, 0.15) is 53.4 Å². The number of amides is 1. The summed E-state index contributed by atoms with van der Waals surface area (Å²) in [5.41, 5.74) is 4.69. The zero-order chi connectivity index (χ0) is 18.8. The summed E-state index contributed by atoms with van der Waals surface area (Å²) in [6.07, 6.45) is 4.42. The van der Waals surface area contributed by atoms with Crippen molar-refractivity contribution in [3.05, 3.63) is 52.5 Å². The van der Waals surface area contributed by atoms with Gasteiger partial charge in [0.25, 0.3) is 0 Å². The molecule has 1 saturated heterocycles. The van der Waals surface area contributed by atoms with Gasteiger partial charge in [0.15, 0.2) is 0 Å². The Bertz CT molecular complexity index is 842. The highest BCUT2D eigenvalue weighted by Crippen LogP contribution is 2.31. The fraction of sp³-hybridized carbons (Fsp3) is 0.500. The van der Waals surface area contributed by atoms with Crippen molar-refractivity contribution in [2.24, 2.45) is 0 Å². The minimum atomic E-state index is 0.181. The lowest BCUT2D eigenvalue weighted by Gasteiger charge is -2.31. The monoisotopic (exact) mass is 364 g/mol. The molecule has 1 fully saturated rings. The Hall–Kier alpha value is -2.27. The van der Waals surface area contributed by atoms with Gasteiger partial charge in [-0.15, -0.1) is 0 Å². The second-order valence-corrected chi connectivity index (χ2v) is 7.80. The number of aryl methyl sites for hydroxylation is 2. The number of hydrogen-bond donors (Lipinski definition) is 1. The summed E-state index contributed by atoms with van der Waals surface area (Å²) in [7, 11) is 0. The van der Waals surface area contributed by atoms with Crippen LogP contribution < -0.4 is 10.2 Å². The number of hydrogen-bond acceptors (Lipinski definition) is 4. The fourth-order valence-corrected chi connectivity index (χ4v) is 4.20. The standard InChI is InChI=1S/C22H28N4O/c1-15-5-3-6-17(13-15)10-12-26-20(27)9-8-19-16(2)24-21(25-22(19)26)18-7-4-11-23-14-18/h3,5-6,13,18,23H,4,7-12,14H2,1-2H3. The highest BCUT2D eigenvalue weighted by Gasteiger charge is 2.29. The van der Waals surface area contributed by atoms with Crippen molar-refractivity contribution < 1.29 is 4.79 Å². The smallest absolute Gasteiger partial charge is 0.228 e. The summed E-state index contributed by atoms with van der Waals surface area (Å²) in [5.74, 6) is 2.28. The van der Waals surface area contributed by atoms with E-state index in [2.05, 4.69) is 43.4 Å². The first-order valence-electron chi connectivity index (χ1n) is 10.1. The van der Waals surface area contributed by atoms with Crippen LogP contribution in [0.2, 0.25) is 0 Å². The van der Waals surface area contributed by atoms with Gasteiger partial charge in [0.1, 0.15) is 11.6 Å². The summed E-state index contributed by atoms with van der Waals surface area (Å²) in [5, 5.41) is 3.44. The van der Waals surface area contributed by atoms with E-state index in [9.17, 15) is 4.79 Å². The van der Waals surface area contributed by atoms with Crippen LogP contribution in [-0.2, 0) is 17.6 Å². The Morgan fingerprint density at radius 2 is 2.11 bits per heavy atom. The Balaban J connectivity index is 1.61. The molecule has 1 amide bonds. The van der Waals surface area contributed by atoms with E-state index in [-0.39, 0.29) is 5.91 Å². The normalized spacial score (nSPS) is 19.9. The van der Waals surface area contributed by atoms with Gasteiger partial charge in [0.2, 0.25) is 5.91 Å². The first-order valence-corrected chi connectivity index (χ1v) is 10.1. The van der Waals surface area contributed by atoms with Gasteiger partial charge in [0.05, 0.1) is 0 Å². The van der Waals surface area contributed by atoms with Gasteiger partial charge in [-0.3, -0.25) is 9.69 Å². The van der Waals surface area contributed by atoms with Gasteiger partial charge < -0.3 is 5.32 Å². The molecule has 1 aromatic carbocycles. The molecule has 4 rings (SSSR count). The van der Waals surface area contributed by atoms with E-state index >= 15 is 0 Å². The quantitative estimate of drug-likeness (QED) is 0.906. The Morgan fingerprint density at radius 1 is 1.22 bits per heavy atom. The maximum atomic E-state index is 12.7. The van der Waals surface area contributed by atoms with Crippen LogP contribution in [0.15, 0.2) is 24.3 Å². The van der Waals surface area contributed by atoms with Crippen LogP contribution in [0.3, 0.4) is 0 Å². The third-order valence-corrected chi connectivity index (χ3v) is 5.72. The highest BCUT2D eigenvalue weighted by atomic mass is 16.2. The van der Waals surface area contributed by atoms with Crippen molar-refractivity contribution >= 4 is 11.7 Å². The van der Waals surface area contributed by atoms with E-state index < -0.39 is 0 Å². The topological polar surface area (TPSA) is 58.1 Å². The van der Waals surface area contributed by atoms with Crippen molar-refractivity contribution in [2.45, 2.75) is 51.9 Å². The van der Waals surface area contributed by atoms with Crippen molar-refractivity contribution in [3.8, 4) is 0 Å². The van der Waals surface area contributed by atoms with Gasteiger partial charge in [0, 0.05) is 36.7 Å². The lowest BCUT2D eigenvalue weighted by atomic mass is 9.97. The van der Waals surface area contributed by atoms with E-state index in [0.717, 1.165) is 61.7 Å². The number of anilines is 1. The molecule has 1 unspecified atom stereocenters. The Labute approximate surface area is 161 Å². The number of nitrogens with one attached hydrogen (secondary N) is 1. The zero-order valence-corrected chi connectivity index (χ0v) is 16.3. The number of aromatic nitrogens is 2. The molecule has 0 radical (unpaired) electrons. The van der Waals surface area contributed by atoms with E-state index in [4.69, 9.17) is 9.97 Å². The van der Waals surface area contributed by atoms with Crippen molar-refractivity contribution in [2.75, 3.05) is 24.5 Å². The molecule has 5 nitrogen and oxygen atoms in total. The average Bonchev–Trinajstić information content (AvgIpc) is 2.68. The van der Waals surface area contributed by atoms with Crippen LogP contribution in [0.25, 0.3) is 0 Å². The molecule has 1 N–H and O–H groups in total. The second kappa shape index (κ2) is 7.77. The number of carbonyl (C=O) groups excluding carboxylic acids is 1. The Morgan fingerprint density at radius 3 is 2.89 bits per heavy atom. The predicted octanol–water partition coefficient (Wildman–Crippen LogP) is 3.08. The zero-order valence-electron chi connectivity index (χ0n) is 16.3. The molecule has 5 heteroatoms. The van der Waals surface area contributed by atoms with Crippen LogP contribution in [0.5, 0.6) is 0 Å². The largest absolute Gasteiger partial charge is 0.316 e. The van der Waals surface area contributed by atoms with E-state index in [1.165, 1.54) is 11.1 Å². The molecule has 27 heavy (non-hydrogen) atoms. The maximum Gasteiger partial charge on any atom is 0.228 e. The van der Waals surface area contributed by atoms with Gasteiger partial charge in [-0.2, -0.15) is 0 Å². The maximum absolute atomic E-state index is 12.7. The summed E-state index contributed by atoms with van der Waals surface area (Å²) < 4.78 is 0. The van der Waals surface area contributed by atoms with E-state index in [1.54, 1.807) is 0 Å². The van der Waals surface area contributed by atoms with Crippen molar-refractivity contribution in [3.63, 3.8) is 0 Å². The molecule has 2 aliphatic heterocycles. The summed E-state index contributed by atoms with van der Waals surface area (Å²) in [4.78, 5) is 24.3. The lowest BCUT2D eigenvalue weighted by molar-refractivity contribution is -0.118. The van der Waals surface area contributed by atoms with Crippen LogP contribution in [0.4, 0.5) is 5.82 Å². The number of fused-ring (bicyclic) bond motifs is 1. The summed E-state index contributed by atoms with van der Waals surface area (Å²) >= 11 is 0. The Kier molecular flexibility index (Phi) is 5.21. The van der Waals surface area contributed by atoms with Gasteiger partial charge in [-0.1, -0.05) is 29.8 Å². The minimum absolute atomic E-state index is 0.181. The number of benzene rings is 1. The molecule has 2 aliphatic rings. The first-order chi connectivity index (χ1) is 13.1. The molecule has 0 bridgehead atoms. The third kappa shape index (κ3) is 3.88. The SMILES string of the molecule is Cc1cccc(CCN2C(=O)CCc3c(C)nc(C4CCCNC4)nc32)c1. The van der Waals surface area contributed by atoms with E-state index in [1.807, 2.05) is 4.90 Å². The number of carbonyl (C=O) groups is 1. The lowest BCUT2D eigenvalue weighted by Crippen LogP contribution is -2.39. The molecule has 142 valence electrons. The molecule has 0 spiro atoms. The molecular formula is C22H28N4O. The highest BCUT2D eigenvalue weighted by molar-refractivity contribution is 5.95. The average molecular weight is 364 g/mol. The molecule has 0 saturated carbocycles. The number of rotatable bonds is 4. The molecule has 2 aromatic rings. The molecule has 1 atom stereocenters. The van der Waals surface area contributed by atoms with Crippen LogP contribution >= 0.6 is 0 Å². The number of piperidine rings is 1. The minimum Gasteiger partial charge on any atom is -0.316 e. The van der Waals surface area contributed by atoms with Crippen molar-refractivity contribution in [1.82, 2.24) is 15.3 Å².